The average molecular weight is 292 g/mol. The molecule has 0 atom stereocenters. The highest BCUT2D eigenvalue weighted by atomic mass is 16.5. The molecule has 1 aromatic carbocycles. The summed E-state index contributed by atoms with van der Waals surface area (Å²) in [6, 6.07) is 8.09. The fraction of sp³-hybridized carbons (Fsp3) is 0.500. The number of likely N-dealkylation sites (N-methyl/N-ethyl adjacent to an activating group) is 2. The van der Waals surface area contributed by atoms with Gasteiger partial charge in [-0.15, -0.1) is 0 Å². The van der Waals surface area contributed by atoms with Gasteiger partial charge < -0.3 is 9.64 Å². The van der Waals surface area contributed by atoms with Crippen LogP contribution in [-0.4, -0.2) is 55.5 Å². The van der Waals surface area contributed by atoms with Gasteiger partial charge >= 0.3 is 5.97 Å². The first-order valence-electron chi connectivity index (χ1n) is 7.06. The molecule has 0 N–H and O–H groups in total. The molecule has 0 bridgehead atoms. The highest BCUT2D eigenvalue weighted by molar-refractivity contribution is 5.79. The maximum Gasteiger partial charge on any atom is 0.320 e. The molecule has 0 saturated carbocycles. The zero-order valence-electron chi connectivity index (χ0n) is 13.3. The molecule has 0 spiro atoms. The molecule has 0 unspecified atom stereocenters. The Morgan fingerprint density at radius 3 is 2.29 bits per heavy atom. The Morgan fingerprint density at radius 1 is 1.10 bits per heavy atom. The van der Waals surface area contributed by atoms with Gasteiger partial charge in [0.15, 0.2) is 0 Å². The van der Waals surface area contributed by atoms with Crippen molar-refractivity contribution in [3.8, 4) is 0 Å². The van der Waals surface area contributed by atoms with E-state index in [4.69, 9.17) is 4.74 Å². The molecule has 1 aromatic rings. The highest BCUT2D eigenvalue weighted by Gasteiger charge is 2.14. The number of rotatable bonds is 7. The lowest BCUT2D eigenvalue weighted by Crippen LogP contribution is -2.38. The lowest BCUT2D eigenvalue weighted by Gasteiger charge is -2.21. The average Bonchev–Trinajstić information content (AvgIpc) is 2.41. The Hall–Kier alpha value is -1.88. The van der Waals surface area contributed by atoms with Crippen LogP contribution in [0.25, 0.3) is 0 Å². The van der Waals surface area contributed by atoms with Gasteiger partial charge in [-0.05, 0) is 26.5 Å². The van der Waals surface area contributed by atoms with E-state index in [0.29, 0.717) is 13.2 Å². The van der Waals surface area contributed by atoms with Gasteiger partial charge in [0.2, 0.25) is 5.91 Å². The molecule has 0 aliphatic heterocycles. The minimum atomic E-state index is -0.311. The van der Waals surface area contributed by atoms with Crippen LogP contribution in [0.15, 0.2) is 24.3 Å². The maximum atomic E-state index is 12.1. The molecule has 0 fully saturated rings. The van der Waals surface area contributed by atoms with Crippen molar-refractivity contribution in [3.63, 3.8) is 0 Å². The fourth-order valence-corrected chi connectivity index (χ4v) is 1.89. The summed E-state index contributed by atoms with van der Waals surface area (Å²) < 4.78 is 4.86. The number of amides is 1. The van der Waals surface area contributed by atoms with Gasteiger partial charge in [0.05, 0.1) is 19.7 Å². The number of hydrogen-bond acceptors (Lipinski definition) is 4. The zero-order chi connectivity index (χ0) is 15.8. The van der Waals surface area contributed by atoms with Crippen molar-refractivity contribution in [3.05, 3.63) is 35.4 Å². The summed E-state index contributed by atoms with van der Waals surface area (Å²) in [5.41, 5.74) is 2.28. The SMILES string of the molecule is CCOC(=O)CN(C)CC(=O)N(C)Cc1ccc(C)cc1. The summed E-state index contributed by atoms with van der Waals surface area (Å²) in [4.78, 5) is 26.8. The molecule has 116 valence electrons. The molecular weight excluding hydrogens is 268 g/mol. The smallest absolute Gasteiger partial charge is 0.320 e. The first-order valence-corrected chi connectivity index (χ1v) is 7.06. The number of carbonyl (C=O) groups is 2. The van der Waals surface area contributed by atoms with Gasteiger partial charge in [0.25, 0.3) is 0 Å². The Morgan fingerprint density at radius 2 is 1.71 bits per heavy atom. The van der Waals surface area contributed by atoms with Crippen LogP contribution in [0.2, 0.25) is 0 Å². The summed E-state index contributed by atoms with van der Waals surface area (Å²) in [5.74, 6) is -0.337. The predicted molar refractivity (Wildman–Crippen MR) is 81.8 cm³/mol. The van der Waals surface area contributed by atoms with E-state index >= 15 is 0 Å². The molecule has 21 heavy (non-hydrogen) atoms. The molecule has 0 aromatic heterocycles. The number of nitrogens with zero attached hydrogens (tertiary/aromatic N) is 2. The van der Waals surface area contributed by atoms with E-state index in [0.717, 1.165) is 5.56 Å². The summed E-state index contributed by atoms with van der Waals surface area (Å²) in [5, 5.41) is 0. The number of ether oxygens (including phenoxy) is 1. The van der Waals surface area contributed by atoms with Crippen LogP contribution >= 0.6 is 0 Å². The largest absolute Gasteiger partial charge is 0.465 e. The number of hydrogen-bond donors (Lipinski definition) is 0. The van der Waals surface area contributed by atoms with Crippen molar-refractivity contribution < 1.29 is 14.3 Å². The molecule has 1 rings (SSSR count). The van der Waals surface area contributed by atoms with Crippen LogP contribution in [0.1, 0.15) is 18.1 Å². The number of benzene rings is 1. The van der Waals surface area contributed by atoms with Crippen LogP contribution in [0.3, 0.4) is 0 Å². The van der Waals surface area contributed by atoms with E-state index in [1.54, 1.807) is 30.8 Å². The highest BCUT2D eigenvalue weighted by Crippen LogP contribution is 2.06. The van der Waals surface area contributed by atoms with Crippen LogP contribution in [0, 0.1) is 6.92 Å². The van der Waals surface area contributed by atoms with Gasteiger partial charge in [0, 0.05) is 13.6 Å². The van der Waals surface area contributed by atoms with Gasteiger partial charge in [-0.1, -0.05) is 29.8 Å². The first kappa shape index (κ1) is 17.2. The Labute approximate surface area is 126 Å². The molecule has 5 nitrogen and oxygen atoms in total. The van der Waals surface area contributed by atoms with Crippen LogP contribution in [-0.2, 0) is 20.9 Å². The van der Waals surface area contributed by atoms with Gasteiger partial charge in [-0.25, -0.2) is 0 Å². The zero-order valence-corrected chi connectivity index (χ0v) is 13.3. The first-order chi connectivity index (χ1) is 9.92. The van der Waals surface area contributed by atoms with Crippen molar-refractivity contribution in [1.82, 2.24) is 9.80 Å². The van der Waals surface area contributed by atoms with E-state index in [9.17, 15) is 9.59 Å². The summed E-state index contributed by atoms with van der Waals surface area (Å²) in [6.07, 6.45) is 0. The second-order valence-electron chi connectivity index (χ2n) is 5.21. The summed E-state index contributed by atoms with van der Waals surface area (Å²) >= 11 is 0. The van der Waals surface area contributed by atoms with Crippen LogP contribution in [0.4, 0.5) is 0 Å². The Balaban J connectivity index is 2.43. The lowest BCUT2D eigenvalue weighted by atomic mass is 10.1. The molecular formula is C16H24N2O3. The van der Waals surface area contributed by atoms with E-state index in [1.165, 1.54) is 5.56 Å². The Kier molecular flexibility index (Phi) is 6.88. The van der Waals surface area contributed by atoms with Crippen molar-refractivity contribution in [2.24, 2.45) is 0 Å². The normalized spacial score (nSPS) is 10.5. The van der Waals surface area contributed by atoms with E-state index in [2.05, 4.69) is 0 Å². The maximum absolute atomic E-state index is 12.1. The third-order valence-corrected chi connectivity index (χ3v) is 3.08. The number of esters is 1. The minimum absolute atomic E-state index is 0.0256. The van der Waals surface area contributed by atoms with Crippen LogP contribution in [0.5, 0.6) is 0 Å². The van der Waals surface area contributed by atoms with Crippen molar-refractivity contribution >= 4 is 11.9 Å². The molecule has 0 aliphatic rings. The van der Waals surface area contributed by atoms with E-state index in [1.807, 2.05) is 31.2 Å². The monoisotopic (exact) mass is 292 g/mol. The fourth-order valence-electron chi connectivity index (χ4n) is 1.89. The van der Waals surface area contributed by atoms with Crippen molar-refractivity contribution in [2.45, 2.75) is 20.4 Å². The van der Waals surface area contributed by atoms with Gasteiger partial charge in [-0.2, -0.15) is 0 Å². The van der Waals surface area contributed by atoms with E-state index in [-0.39, 0.29) is 25.0 Å². The van der Waals surface area contributed by atoms with Crippen LogP contribution < -0.4 is 0 Å². The van der Waals surface area contributed by atoms with Crippen molar-refractivity contribution in [2.75, 3.05) is 33.8 Å². The minimum Gasteiger partial charge on any atom is -0.465 e. The van der Waals surface area contributed by atoms with E-state index < -0.39 is 0 Å². The quantitative estimate of drug-likeness (QED) is 0.714. The third kappa shape index (κ3) is 6.40. The lowest BCUT2D eigenvalue weighted by molar-refractivity contribution is -0.144. The predicted octanol–water partition coefficient (Wildman–Crippen LogP) is 1.45. The number of carbonyl (C=O) groups excluding carboxylic acids is 2. The second kappa shape index (κ2) is 8.42. The summed E-state index contributed by atoms with van der Waals surface area (Å²) in [7, 11) is 3.49. The Bertz CT molecular complexity index is 471. The molecule has 0 heterocycles. The van der Waals surface area contributed by atoms with Gasteiger partial charge in [-0.3, -0.25) is 14.5 Å². The third-order valence-electron chi connectivity index (χ3n) is 3.08. The topological polar surface area (TPSA) is 49.9 Å². The standard InChI is InChI=1S/C16H24N2O3/c1-5-21-16(20)12-17(3)11-15(19)18(4)10-14-8-6-13(2)7-9-14/h6-9H,5,10-12H2,1-4H3. The molecule has 5 heteroatoms. The molecule has 1 amide bonds. The second-order valence-corrected chi connectivity index (χ2v) is 5.21. The van der Waals surface area contributed by atoms with Crippen molar-refractivity contribution in [1.29, 1.82) is 0 Å². The molecule has 0 aliphatic carbocycles. The van der Waals surface area contributed by atoms with Gasteiger partial charge in [0.1, 0.15) is 0 Å². The molecule has 0 radical (unpaired) electrons. The number of aryl methyl sites for hydroxylation is 1. The molecule has 0 saturated heterocycles. The summed E-state index contributed by atoms with van der Waals surface area (Å²) in [6.45, 7) is 5.03.